The van der Waals surface area contributed by atoms with Crippen molar-refractivity contribution in [3.8, 4) is 0 Å². The Hall–Kier alpha value is -0.300. The number of allylic oxidation sites excluding steroid dienone is 1. The molecule has 1 atom stereocenters. The van der Waals surface area contributed by atoms with Crippen LogP contribution >= 0.6 is 0 Å². The minimum Gasteiger partial charge on any atom is -0.389 e. The average molecular weight is 100 g/mol. The zero-order chi connectivity index (χ0) is 5.86. The molecule has 0 aromatic rings. The van der Waals surface area contributed by atoms with Gasteiger partial charge in [-0.25, -0.2) is 0 Å². The van der Waals surface area contributed by atoms with Crippen molar-refractivity contribution in [3.63, 3.8) is 0 Å². The van der Waals surface area contributed by atoms with Gasteiger partial charge in [-0.1, -0.05) is 6.08 Å². The highest BCUT2D eigenvalue weighted by molar-refractivity contribution is 5.00. The van der Waals surface area contributed by atoms with Crippen molar-refractivity contribution in [3.05, 3.63) is 11.6 Å². The molecular formula is C6H12O. The lowest BCUT2D eigenvalue weighted by Crippen LogP contribution is -1.99. The molecule has 0 aromatic carbocycles. The van der Waals surface area contributed by atoms with Gasteiger partial charge in [0.05, 0.1) is 6.10 Å². The standard InChI is InChI=1S/C6H12O/c1-4-5(2)6(3)7/h4,6-7H,1-3H3/b5-4+/t6-/m0/s1. The third-order valence-corrected chi connectivity index (χ3v) is 1.11. The van der Waals surface area contributed by atoms with Crippen LogP contribution < -0.4 is 0 Å². The summed E-state index contributed by atoms with van der Waals surface area (Å²) in [5.74, 6) is 0. The highest BCUT2D eigenvalue weighted by Crippen LogP contribution is 1.96. The van der Waals surface area contributed by atoms with Gasteiger partial charge in [-0.05, 0) is 26.3 Å². The van der Waals surface area contributed by atoms with Crippen molar-refractivity contribution >= 4 is 0 Å². The molecule has 0 saturated heterocycles. The van der Waals surface area contributed by atoms with E-state index in [9.17, 15) is 0 Å². The normalized spacial score (nSPS) is 16.9. The fourth-order valence-corrected chi connectivity index (χ4v) is 0.241. The molecule has 0 aliphatic carbocycles. The highest BCUT2D eigenvalue weighted by atomic mass is 16.3. The summed E-state index contributed by atoms with van der Waals surface area (Å²) in [5, 5.41) is 8.75. The molecular weight excluding hydrogens is 88.1 g/mol. The summed E-state index contributed by atoms with van der Waals surface area (Å²) in [7, 11) is 0. The molecule has 7 heavy (non-hydrogen) atoms. The topological polar surface area (TPSA) is 20.2 Å². The van der Waals surface area contributed by atoms with Crippen molar-refractivity contribution in [1.82, 2.24) is 0 Å². The molecule has 42 valence electrons. The second-order valence-electron chi connectivity index (χ2n) is 1.71. The van der Waals surface area contributed by atoms with Crippen LogP contribution in [-0.2, 0) is 0 Å². The fourth-order valence-electron chi connectivity index (χ4n) is 0.241. The summed E-state index contributed by atoms with van der Waals surface area (Å²) in [4.78, 5) is 0. The van der Waals surface area contributed by atoms with Crippen LogP contribution in [0.4, 0.5) is 0 Å². The van der Waals surface area contributed by atoms with Crippen molar-refractivity contribution in [2.45, 2.75) is 26.9 Å². The SMILES string of the molecule is C/C=C(\C)[C@H](C)O. The fraction of sp³-hybridized carbons (Fsp3) is 0.667. The lowest BCUT2D eigenvalue weighted by Gasteiger charge is -1.99. The van der Waals surface area contributed by atoms with Gasteiger partial charge in [-0.3, -0.25) is 0 Å². The van der Waals surface area contributed by atoms with Gasteiger partial charge in [0, 0.05) is 0 Å². The summed E-state index contributed by atoms with van der Waals surface area (Å²) in [6, 6.07) is 0. The van der Waals surface area contributed by atoms with E-state index in [4.69, 9.17) is 5.11 Å². The summed E-state index contributed by atoms with van der Waals surface area (Å²) in [5.41, 5.74) is 1.03. The Morgan fingerprint density at radius 2 is 2.14 bits per heavy atom. The van der Waals surface area contributed by atoms with Gasteiger partial charge >= 0.3 is 0 Å². The number of hydrogen-bond acceptors (Lipinski definition) is 1. The first-order chi connectivity index (χ1) is 3.18. The zero-order valence-corrected chi connectivity index (χ0v) is 5.10. The molecule has 0 radical (unpaired) electrons. The van der Waals surface area contributed by atoms with Gasteiger partial charge in [0.2, 0.25) is 0 Å². The molecule has 0 heterocycles. The van der Waals surface area contributed by atoms with E-state index in [0.717, 1.165) is 5.57 Å². The third kappa shape index (κ3) is 2.40. The van der Waals surface area contributed by atoms with Crippen LogP contribution in [0.5, 0.6) is 0 Å². The molecule has 0 rings (SSSR count). The maximum atomic E-state index is 8.75. The molecule has 0 bridgehead atoms. The van der Waals surface area contributed by atoms with Crippen LogP contribution in [0.1, 0.15) is 20.8 Å². The van der Waals surface area contributed by atoms with Crippen molar-refractivity contribution < 1.29 is 5.11 Å². The van der Waals surface area contributed by atoms with E-state index in [1.165, 1.54) is 0 Å². The number of aliphatic hydroxyl groups excluding tert-OH is 1. The van der Waals surface area contributed by atoms with Crippen molar-refractivity contribution in [2.75, 3.05) is 0 Å². The molecule has 1 nitrogen and oxygen atoms in total. The second-order valence-corrected chi connectivity index (χ2v) is 1.71. The van der Waals surface area contributed by atoms with Gasteiger partial charge in [0.25, 0.3) is 0 Å². The van der Waals surface area contributed by atoms with E-state index >= 15 is 0 Å². The van der Waals surface area contributed by atoms with Crippen LogP contribution in [0.2, 0.25) is 0 Å². The van der Waals surface area contributed by atoms with Crippen molar-refractivity contribution in [1.29, 1.82) is 0 Å². The van der Waals surface area contributed by atoms with Crippen molar-refractivity contribution in [2.24, 2.45) is 0 Å². The van der Waals surface area contributed by atoms with Crippen LogP contribution in [0.25, 0.3) is 0 Å². The summed E-state index contributed by atoms with van der Waals surface area (Å²) >= 11 is 0. The molecule has 1 heteroatoms. The van der Waals surface area contributed by atoms with Crippen LogP contribution in [-0.4, -0.2) is 11.2 Å². The van der Waals surface area contributed by atoms with Gasteiger partial charge < -0.3 is 5.11 Å². The molecule has 0 amide bonds. The zero-order valence-electron chi connectivity index (χ0n) is 5.10. The van der Waals surface area contributed by atoms with E-state index < -0.39 is 0 Å². The van der Waals surface area contributed by atoms with E-state index in [1.54, 1.807) is 6.92 Å². The molecule has 0 spiro atoms. The van der Waals surface area contributed by atoms with Gasteiger partial charge in [0.15, 0.2) is 0 Å². The minimum absolute atomic E-state index is 0.273. The lowest BCUT2D eigenvalue weighted by molar-refractivity contribution is 0.231. The van der Waals surface area contributed by atoms with E-state index in [2.05, 4.69) is 0 Å². The Balaban J connectivity index is 3.56. The van der Waals surface area contributed by atoms with E-state index in [0.29, 0.717) is 0 Å². The first-order valence-corrected chi connectivity index (χ1v) is 2.49. The van der Waals surface area contributed by atoms with Gasteiger partial charge in [0.1, 0.15) is 0 Å². The maximum Gasteiger partial charge on any atom is 0.0719 e. The molecule has 0 aromatic heterocycles. The maximum absolute atomic E-state index is 8.75. The summed E-state index contributed by atoms with van der Waals surface area (Å²) in [6.07, 6.45) is 1.63. The predicted molar refractivity (Wildman–Crippen MR) is 31.1 cm³/mol. The first-order valence-electron chi connectivity index (χ1n) is 2.49. The van der Waals surface area contributed by atoms with Crippen LogP contribution in [0.3, 0.4) is 0 Å². The quantitative estimate of drug-likeness (QED) is 0.493. The minimum atomic E-state index is -0.273. The third-order valence-electron chi connectivity index (χ3n) is 1.11. The lowest BCUT2D eigenvalue weighted by atomic mass is 10.2. The Morgan fingerprint density at radius 1 is 1.71 bits per heavy atom. The van der Waals surface area contributed by atoms with E-state index in [1.807, 2.05) is 19.9 Å². The number of hydrogen-bond donors (Lipinski definition) is 1. The second kappa shape index (κ2) is 2.80. The highest BCUT2D eigenvalue weighted by Gasteiger charge is 1.92. The number of rotatable bonds is 1. The van der Waals surface area contributed by atoms with Crippen LogP contribution in [0.15, 0.2) is 11.6 Å². The smallest absolute Gasteiger partial charge is 0.0719 e. The molecule has 0 fully saturated rings. The monoisotopic (exact) mass is 100 g/mol. The summed E-state index contributed by atoms with van der Waals surface area (Å²) in [6.45, 7) is 5.59. The first kappa shape index (κ1) is 6.70. The molecule has 1 N–H and O–H groups in total. The van der Waals surface area contributed by atoms with Gasteiger partial charge in [-0.2, -0.15) is 0 Å². The molecule has 0 aliphatic heterocycles. The van der Waals surface area contributed by atoms with Crippen LogP contribution in [0, 0.1) is 0 Å². The largest absolute Gasteiger partial charge is 0.389 e. The molecule has 0 saturated carbocycles. The Kier molecular flexibility index (Phi) is 2.68. The van der Waals surface area contributed by atoms with E-state index in [-0.39, 0.29) is 6.10 Å². The molecule has 0 unspecified atom stereocenters. The Labute approximate surface area is 44.7 Å². The predicted octanol–water partition coefficient (Wildman–Crippen LogP) is 1.33. The Morgan fingerprint density at radius 3 is 2.14 bits per heavy atom. The average Bonchev–Trinajstić information content (AvgIpc) is 1.65. The van der Waals surface area contributed by atoms with Gasteiger partial charge in [-0.15, -0.1) is 0 Å². The molecule has 0 aliphatic rings. The number of aliphatic hydroxyl groups is 1. The summed E-state index contributed by atoms with van der Waals surface area (Å²) < 4.78 is 0. The Bertz CT molecular complexity index is 72.2.